The molecule has 1 aliphatic carbocycles. The molecule has 1 fully saturated rings. The number of carbonyl (C=O) groups excluding carboxylic acids is 1. The molecule has 27 heavy (non-hydrogen) atoms. The predicted molar refractivity (Wildman–Crippen MR) is 103 cm³/mol. The largest absolute Gasteiger partial charge is 0.480 e. The van der Waals surface area contributed by atoms with Crippen LogP contribution in [0.25, 0.3) is 12.2 Å². The van der Waals surface area contributed by atoms with Gasteiger partial charge in [-0.15, -0.1) is 0 Å². The first-order valence-electron chi connectivity index (χ1n) is 9.03. The molecule has 3 heterocycles. The molecule has 140 valence electrons. The molecule has 0 bridgehead atoms. The van der Waals surface area contributed by atoms with Gasteiger partial charge in [0, 0.05) is 29.9 Å². The quantitative estimate of drug-likeness (QED) is 0.617. The SMILES string of the molecule is COc1ncc(C2C=c3c(NC4CCNC4)ncnc3=CC2)cc1NC=O. The standard InChI is InChI=1S/C19H22N6O2/c1-27-19-17(24-11-26)7-13(8-21-19)12-2-3-16-15(6-12)18(23-10-22-16)25-14-4-5-20-9-14/h3,6-8,10-12,14,20H,2,4-5,9H2,1H3,(H,24,26)(H,22,23,25). The van der Waals surface area contributed by atoms with Gasteiger partial charge in [-0.3, -0.25) is 4.79 Å². The normalized spacial score (nSPS) is 20.8. The molecule has 2 atom stereocenters. The van der Waals surface area contributed by atoms with Crippen molar-refractivity contribution in [3.05, 3.63) is 34.7 Å². The maximum Gasteiger partial charge on any atom is 0.237 e. The smallest absolute Gasteiger partial charge is 0.237 e. The molecule has 0 spiro atoms. The van der Waals surface area contributed by atoms with E-state index in [4.69, 9.17) is 4.74 Å². The summed E-state index contributed by atoms with van der Waals surface area (Å²) in [6, 6.07) is 2.28. The van der Waals surface area contributed by atoms with Gasteiger partial charge < -0.3 is 20.7 Å². The molecular weight excluding hydrogens is 344 g/mol. The van der Waals surface area contributed by atoms with E-state index in [2.05, 4.69) is 43.1 Å². The van der Waals surface area contributed by atoms with Gasteiger partial charge in [-0.05, 0) is 31.0 Å². The molecule has 3 N–H and O–H groups in total. The average molecular weight is 366 g/mol. The maximum absolute atomic E-state index is 10.9. The molecule has 2 aromatic rings. The van der Waals surface area contributed by atoms with Gasteiger partial charge in [0.1, 0.15) is 17.8 Å². The molecule has 4 rings (SSSR count). The average Bonchev–Trinajstić information content (AvgIpc) is 3.21. The highest BCUT2D eigenvalue weighted by molar-refractivity contribution is 5.75. The van der Waals surface area contributed by atoms with Crippen LogP contribution in [-0.4, -0.2) is 47.6 Å². The fraction of sp³-hybridized carbons (Fsp3) is 0.368. The minimum atomic E-state index is 0.122. The monoisotopic (exact) mass is 366 g/mol. The van der Waals surface area contributed by atoms with Crippen LogP contribution in [0.5, 0.6) is 5.88 Å². The molecule has 2 unspecified atom stereocenters. The lowest BCUT2D eigenvalue weighted by Gasteiger charge is -2.18. The molecule has 0 radical (unpaired) electrons. The first kappa shape index (κ1) is 17.4. The first-order chi connectivity index (χ1) is 13.3. The number of hydrogen-bond acceptors (Lipinski definition) is 7. The summed E-state index contributed by atoms with van der Waals surface area (Å²) in [5, 5.41) is 11.5. The second-order valence-corrected chi connectivity index (χ2v) is 6.66. The Morgan fingerprint density at radius 2 is 2.26 bits per heavy atom. The van der Waals surface area contributed by atoms with Crippen LogP contribution in [-0.2, 0) is 4.79 Å². The number of amides is 1. The number of anilines is 2. The predicted octanol–water partition coefficient (Wildman–Crippen LogP) is -0.0292. The highest BCUT2D eigenvalue weighted by Gasteiger charge is 2.18. The van der Waals surface area contributed by atoms with Gasteiger partial charge in [0.05, 0.1) is 12.5 Å². The van der Waals surface area contributed by atoms with E-state index < -0.39 is 0 Å². The number of fused-ring (bicyclic) bond motifs is 1. The summed E-state index contributed by atoms with van der Waals surface area (Å²) in [6.45, 7) is 1.96. The zero-order valence-corrected chi connectivity index (χ0v) is 15.1. The second kappa shape index (κ2) is 7.71. The van der Waals surface area contributed by atoms with Crippen molar-refractivity contribution < 1.29 is 9.53 Å². The summed E-state index contributed by atoms with van der Waals surface area (Å²) in [4.78, 5) is 24.1. The van der Waals surface area contributed by atoms with Gasteiger partial charge in [-0.1, -0.05) is 12.2 Å². The number of carbonyl (C=O) groups is 1. The van der Waals surface area contributed by atoms with Gasteiger partial charge in [-0.2, -0.15) is 0 Å². The third-order valence-corrected chi connectivity index (χ3v) is 4.96. The molecule has 2 aliphatic rings. The zero-order valence-electron chi connectivity index (χ0n) is 15.1. The third-order valence-electron chi connectivity index (χ3n) is 4.96. The van der Waals surface area contributed by atoms with E-state index in [1.165, 1.54) is 7.11 Å². The topological polar surface area (TPSA) is 101 Å². The van der Waals surface area contributed by atoms with E-state index in [0.717, 1.165) is 47.9 Å². The van der Waals surface area contributed by atoms with E-state index >= 15 is 0 Å². The molecule has 8 nitrogen and oxygen atoms in total. The summed E-state index contributed by atoms with van der Waals surface area (Å²) in [6.07, 6.45) is 10.2. The molecule has 8 heteroatoms. The number of hydrogen-bond donors (Lipinski definition) is 3. The number of methoxy groups -OCH3 is 1. The minimum absolute atomic E-state index is 0.122. The molecule has 2 aromatic heterocycles. The summed E-state index contributed by atoms with van der Waals surface area (Å²) in [5.41, 5.74) is 1.56. The molecule has 0 aromatic carbocycles. The number of aromatic nitrogens is 3. The van der Waals surface area contributed by atoms with Crippen LogP contribution >= 0.6 is 0 Å². The van der Waals surface area contributed by atoms with E-state index in [0.29, 0.717) is 24.0 Å². The van der Waals surface area contributed by atoms with Crippen LogP contribution in [0.2, 0.25) is 0 Å². The van der Waals surface area contributed by atoms with E-state index in [1.54, 1.807) is 12.5 Å². The van der Waals surface area contributed by atoms with Gasteiger partial charge in [0.15, 0.2) is 0 Å². The van der Waals surface area contributed by atoms with E-state index in [9.17, 15) is 4.79 Å². The number of rotatable bonds is 6. The van der Waals surface area contributed by atoms with Crippen molar-refractivity contribution in [1.82, 2.24) is 20.3 Å². The summed E-state index contributed by atoms with van der Waals surface area (Å²) >= 11 is 0. The number of nitrogens with one attached hydrogen (secondary N) is 3. The summed E-state index contributed by atoms with van der Waals surface area (Å²) in [5.74, 6) is 1.38. The number of pyridine rings is 1. The first-order valence-corrected chi connectivity index (χ1v) is 9.03. The highest BCUT2D eigenvalue weighted by atomic mass is 16.5. The lowest BCUT2D eigenvalue weighted by Crippen LogP contribution is -2.37. The van der Waals surface area contributed by atoms with Crippen LogP contribution in [0.4, 0.5) is 11.5 Å². The molecular formula is C19H22N6O2. The van der Waals surface area contributed by atoms with Crippen molar-refractivity contribution in [2.75, 3.05) is 30.8 Å². The highest BCUT2D eigenvalue weighted by Crippen LogP contribution is 2.29. The van der Waals surface area contributed by atoms with Crippen LogP contribution in [0, 0.1) is 0 Å². The Bertz CT molecular complexity index is 955. The van der Waals surface area contributed by atoms with Gasteiger partial charge in [0.2, 0.25) is 12.3 Å². The Kier molecular flexibility index (Phi) is 4.97. The number of ether oxygens (including phenoxy) is 1. The summed E-state index contributed by atoms with van der Waals surface area (Å²) < 4.78 is 5.20. The Morgan fingerprint density at radius 3 is 3.04 bits per heavy atom. The zero-order chi connectivity index (χ0) is 18.6. The molecule has 1 aliphatic heterocycles. The molecule has 1 amide bonds. The Labute approximate surface area is 156 Å². The van der Waals surface area contributed by atoms with Crippen molar-refractivity contribution >= 4 is 30.1 Å². The lowest BCUT2D eigenvalue weighted by atomic mass is 9.92. The number of nitrogens with zero attached hydrogens (tertiary/aromatic N) is 3. The van der Waals surface area contributed by atoms with Gasteiger partial charge >= 0.3 is 0 Å². The van der Waals surface area contributed by atoms with Gasteiger partial charge in [-0.25, -0.2) is 15.0 Å². The van der Waals surface area contributed by atoms with Crippen molar-refractivity contribution in [2.24, 2.45) is 0 Å². The Balaban J connectivity index is 1.69. The van der Waals surface area contributed by atoms with Crippen molar-refractivity contribution in [3.63, 3.8) is 0 Å². The summed E-state index contributed by atoms with van der Waals surface area (Å²) in [7, 11) is 1.53. The fourth-order valence-corrected chi connectivity index (χ4v) is 3.56. The van der Waals surface area contributed by atoms with Crippen LogP contribution in [0.3, 0.4) is 0 Å². The van der Waals surface area contributed by atoms with Crippen LogP contribution in [0.15, 0.2) is 18.6 Å². The lowest BCUT2D eigenvalue weighted by molar-refractivity contribution is -0.105. The molecule has 1 saturated heterocycles. The van der Waals surface area contributed by atoms with Crippen molar-refractivity contribution in [3.8, 4) is 5.88 Å². The fourth-order valence-electron chi connectivity index (χ4n) is 3.56. The van der Waals surface area contributed by atoms with Crippen LogP contribution in [0.1, 0.15) is 24.3 Å². The maximum atomic E-state index is 10.9. The van der Waals surface area contributed by atoms with Crippen molar-refractivity contribution in [2.45, 2.75) is 24.8 Å². The third kappa shape index (κ3) is 3.61. The van der Waals surface area contributed by atoms with E-state index in [-0.39, 0.29) is 5.92 Å². The molecule has 0 saturated carbocycles. The Hall–Kier alpha value is -3.00. The Morgan fingerprint density at radius 1 is 1.33 bits per heavy atom. The second-order valence-electron chi connectivity index (χ2n) is 6.66. The van der Waals surface area contributed by atoms with Gasteiger partial charge in [0.25, 0.3) is 0 Å². The minimum Gasteiger partial charge on any atom is -0.480 e. The van der Waals surface area contributed by atoms with Crippen molar-refractivity contribution in [1.29, 1.82) is 0 Å². The van der Waals surface area contributed by atoms with Crippen LogP contribution < -0.4 is 31.3 Å². The van der Waals surface area contributed by atoms with E-state index in [1.807, 2.05) is 6.07 Å².